The van der Waals surface area contributed by atoms with Crippen LogP contribution < -0.4 is 0 Å². The lowest BCUT2D eigenvalue weighted by Crippen LogP contribution is -2.36. The maximum Gasteiger partial charge on any atom is 0.0669 e. The Hall–Kier alpha value is -0.630. The lowest BCUT2D eigenvalue weighted by Gasteiger charge is -2.23. The first kappa shape index (κ1) is 11.8. The van der Waals surface area contributed by atoms with Crippen LogP contribution in [0.3, 0.4) is 0 Å². The zero-order valence-corrected chi connectivity index (χ0v) is 10.1. The molecular formula is C12H21N3O. The number of hydrogen-bond acceptors (Lipinski definition) is 4. The molecule has 0 aromatic rings. The van der Waals surface area contributed by atoms with Crippen molar-refractivity contribution >= 4 is 0 Å². The molecule has 0 aromatic heterocycles. The average Bonchev–Trinajstić information content (AvgIpc) is 2.94. The summed E-state index contributed by atoms with van der Waals surface area (Å²) in [4.78, 5) is 4.97. The van der Waals surface area contributed by atoms with E-state index >= 15 is 0 Å². The van der Waals surface area contributed by atoms with Crippen LogP contribution in [0.4, 0.5) is 0 Å². The molecule has 0 aliphatic carbocycles. The number of methoxy groups -OCH3 is 1. The van der Waals surface area contributed by atoms with Gasteiger partial charge in [0.05, 0.1) is 18.6 Å². The molecule has 16 heavy (non-hydrogen) atoms. The number of rotatable bonds is 4. The molecule has 0 N–H and O–H groups in total. The molecule has 2 fully saturated rings. The second kappa shape index (κ2) is 5.62. The van der Waals surface area contributed by atoms with E-state index in [9.17, 15) is 0 Å². The van der Waals surface area contributed by atoms with Crippen LogP contribution in [-0.2, 0) is 4.74 Å². The molecule has 2 unspecified atom stereocenters. The van der Waals surface area contributed by atoms with Gasteiger partial charge in [-0.1, -0.05) is 0 Å². The summed E-state index contributed by atoms with van der Waals surface area (Å²) >= 11 is 0. The molecule has 0 aromatic carbocycles. The molecule has 0 amide bonds. The first-order valence-corrected chi connectivity index (χ1v) is 6.18. The van der Waals surface area contributed by atoms with Gasteiger partial charge in [-0.05, 0) is 25.9 Å². The average molecular weight is 223 g/mol. The molecular weight excluding hydrogens is 202 g/mol. The van der Waals surface area contributed by atoms with E-state index in [0.29, 0.717) is 6.04 Å². The number of ether oxygens (including phenoxy) is 1. The van der Waals surface area contributed by atoms with Gasteiger partial charge in [0.1, 0.15) is 0 Å². The van der Waals surface area contributed by atoms with E-state index in [1.54, 1.807) is 7.11 Å². The fraction of sp³-hybridized carbons (Fsp3) is 0.917. The predicted molar refractivity (Wildman–Crippen MR) is 62.0 cm³/mol. The molecule has 90 valence electrons. The Bertz CT molecular complexity index is 263. The second-order valence-corrected chi connectivity index (χ2v) is 4.85. The van der Waals surface area contributed by atoms with Gasteiger partial charge in [-0.15, -0.1) is 0 Å². The molecule has 2 atom stereocenters. The highest BCUT2D eigenvalue weighted by atomic mass is 16.5. The summed E-state index contributed by atoms with van der Waals surface area (Å²) in [6.07, 6.45) is 2.31. The summed E-state index contributed by atoms with van der Waals surface area (Å²) in [5.41, 5.74) is 0. The van der Waals surface area contributed by atoms with Gasteiger partial charge in [0, 0.05) is 32.8 Å². The van der Waals surface area contributed by atoms with Gasteiger partial charge >= 0.3 is 0 Å². The van der Waals surface area contributed by atoms with Gasteiger partial charge in [0.15, 0.2) is 0 Å². The Kier molecular flexibility index (Phi) is 4.16. The van der Waals surface area contributed by atoms with E-state index < -0.39 is 0 Å². The largest absolute Gasteiger partial charge is 0.383 e. The summed E-state index contributed by atoms with van der Waals surface area (Å²) in [6.45, 7) is 6.31. The predicted octanol–water partition coefficient (Wildman–Crippen LogP) is 0.553. The number of hydrogen-bond donors (Lipinski definition) is 0. The fourth-order valence-electron chi connectivity index (χ4n) is 2.76. The SMILES string of the molecule is COCCN1CCC(N2CCC(C#N)C2)C1. The van der Waals surface area contributed by atoms with Crippen LogP contribution in [0.15, 0.2) is 0 Å². The molecule has 0 bridgehead atoms. The molecule has 2 aliphatic rings. The Balaban J connectivity index is 1.74. The summed E-state index contributed by atoms with van der Waals surface area (Å²) < 4.78 is 5.10. The maximum atomic E-state index is 8.89. The molecule has 0 saturated carbocycles. The van der Waals surface area contributed by atoms with Gasteiger partial charge in [-0.3, -0.25) is 9.80 Å². The summed E-state index contributed by atoms with van der Waals surface area (Å²) in [5, 5.41) is 8.89. The van der Waals surface area contributed by atoms with Crippen molar-refractivity contribution in [3.8, 4) is 6.07 Å². The third-order valence-corrected chi connectivity index (χ3v) is 3.78. The van der Waals surface area contributed by atoms with Crippen molar-refractivity contribution in [2.75, 3.05) is 46.4 Å². The molecule has 4 heteroatoms. The van der Waals surface area contributed by atoms with Gasteiger partial charge < -0.3 is 4.74 Å². The van der Waals surface area contributed by atoms with E-state index in [4.69, 9.17) is 10.00 Å². The lowest BCUT2D eigenvalue weighted by molar-refractivity contribution is 0.153. The molecule has 2 aliphatic heterocycles. The Morgan fingerprint density at radius 1 is 1.31 bits per heavy atom. The minimum Gasteiger partial charge on any atom is -0.383 e. The second-order valence-electron chi connectivity index (χ2n) is 4.85. The van der Waals surface area contributed by atoms with E-state index in [1.165, 1.54) is 13.0 Å². The zero-order valence-electron chi connectivity index (χ0n) is 10.1. The first-order chi connectivity index (χ1) is 7.83. The zero-order chi connectivity index (χ0) is 11.4. The summed E-state index contributed by atoms with van der Waals surface area (Å²) in [7, 11) is 1.76. The summed E-state index contributed by atoms with van der Waals surface area (Å²) in [6, 6.07) is 3.06. The lowest BCUT2D eigenvalue weighted by atomic mass is 10.1. The van der Waals surface area contributed by atoms with E-state index in [2.05, 4.69) is 15.9 Å². The molecule has 0 radical (unpaired) electrons. The van der Waals surface area contributed by atoms with E-state index in [-0.39, 0.29) is 5.92 Å². The van der Waals surface area contributed by atoms with Gasteiger partial charge in [0.25, 0.3) is 0 Å². The van der Waals surface area contributed by atoms with Gasteiger partial charge in [-0.2, -0.15) is 5.26 Å². The highest BCUT2D eigenvalue weighted by molar-refractivity contribution is 4.95. The number of nitriles is 1. The van der Waals surface area contributed by atoms with E-state index in [1.807, 2.05) is 0 Å². The standard InChI is InChI=1S/C12H21N3O/c1-16-7-6-14-4-3-12(10-14)15-5-2-11(8-13)9-15/h11-12H,2-7,9-10H2,1H3. The van der Waals surface area contributed by atoms with Crippen LogP contribution in [0, 0.1) is 17.2 Å². The quantitative estimate of drug-likeness (QED) is 0.698. The molecule has 2 saturated heterocycles. The normalized spacial score (nSPS) is 32.0. The molecule has 4 nitrogen and oxygen atoms in total. The molecule has 2 rings (SSSR count). The van der Waals surface area contributed by atoms with Crippen molar-refractivity contribution in [1.29, 1.82) is 5.26 Å². The van der Waals surface area contributed by atoms with Crippen molar-refractivity contribution in [1.82, 2.24) is 9.80 Å². The van der Waals surface area contributed by atoms with Crippen molar-refractivity contribution in [3.05, 3.63) is 0 Å². The monoisotopic (exact) mass is 223 g/mol. The minimum atomic E-state index is 0.271. The fourth-order valence-corrected chi connectivity index (χ4v) is 2.76. The van der Waals surface area contributed by atoms with Crippen molar-refractivity contribution in [3.63, 3.8) is 0 Å². The Morgan fingerprint density at radius 3 is 2.88 bits per heavy atom. The number of nitrogens with zero attached hydrogens (tertiary/aromatic N) is 3. The van der Waals surface area contributed by atoms with Crippen molar-refractivity contribution < 1.29 is 4.74 Å². The molecule has 0 spiro atoms. The third kappa shape index (κ3) is 2.73. The van der Waals surface area contributed by atoms with Crippen LogP contribution in [0.2, 0.25) is 0 Å². The van der Waals surface area contributed by atoms with Crippen LogP contribution >= 0.6 is 0 Å². The van der Waals surface area contributed by atoms with E-state index in [0.717, 1.165) is 39.2 Å². The van der Waals surface area contributed by atoms with Crippen LogP contribution in [0.5, 0.6) is 0 Å². The smallest absolute Gasteiger partial charge is 0.0669 e. The van der Waals surface area contributed by atoms with Crippen LogP contribution in [0.25, 0.3) is 0 Å². The third-order valence-electron chi connectivity index (χ3n) is 3.78. The first-order valence-electron chi connectivity index (χ1n) is 6.18. The highest BCUT2D eigenvalue weighted by Crippen LogP contribution is 2.23. The topological polar surface area (TPSA) is 39.5 Å². The van der Waals surface area contributed by atoms with Gasteiger partial charge in [0.2, 0.25) is 0 Å². The minimum absolute atomic E-state index is 0.271. The summed E-state index contributed by atoms with van der Waals surface area (Å²) in [5.74, 6) is 0.271. The van der Waals surface area contributed by atoms with Crippen molar-refractivity contribution in [2.45, 2.75) is 18.9 Å². The highest BCUT2D eigenvalue weighted by Gasteiger charge is 2.32. The van der Waals surface area contributed by atoms with Crippen LogP contribution in [0.1, 0.15) is 12.8 Å². The van der Waals surface area contributed by atoms with Gasteiger partial charge in [-0.25, -0.2) is 0 Å². The van der Waals surface area contributed by atoms with Crippen LogP contribution in [-0.4, -0.2) is 62.3 Å². The molecule has 2 heterocycles. The number of likely N-dealkylation sites (tertiary alicyclic amines) is 2. The Labute approximate surface area is 97.8 Å². The van der Waals surface area contributed by atoms with Crippen molar-refractivity contribution in [2.24, 2.45) is 5.92 Å². The maximum absolute atomic E-state index is 8.89. The Morgan fingerprint density at radius 2 is 2.19 bits per heavy atom.